The molecule has 1 aromatic heterocycles. The minimum absolute atomic E-state index is 0.0981. The first-order valence-electron chi connectivity index (χ1n) is 12.1. The van der Waals surface area contributed by atoms with Gasteiger partial charge in [0.1, 0.15) is 12.2 Å². The summed E-state index contributed by atoms with van der Waals surface area (Å²) < 4.78 is 18.7. The van der Waals surface area contributed by atoms with Crippen molar-refractivity contribution in [2.24, 2.45) is 5.92 Å². The zero-order valence-electron chi connectivity index (χ0n) is 22.0. The van der Waals surface area contributed by atoms with Gasteiger partial charge in [-0.3, -0.25) is 14.5 Å². The smallest absolute Gasteiger partial charge is 0.265 e. The molecule has 8 heteroatoms. The van der Waals surface area contributed by atoms with Crippen LogP contribution >= 0.6 is 0 Å². The average Bonchev–Trinajstić information content (AvgIpc) is 3.21. The van der Waals surface area contributed by atoms with Crippen molar-refractivity contribution in [3.63, 3.8) is 0 Å². The molecule has 0 saturated heterocycles. The molecule has 0 saturated carbocycles. The number of fused-ring (bicyclic) bond motifs is 2. The van der Waals surface area contributed by atoms with Gasteiger partial charge in [-0.15, -0.1) is 0 Å². The Hall–Kier alpha value is -2.55. The van der Waals surface area contributed by atoms with Crippen molar-refractivity contribution in [1.29, 1.82) is 0 Å². The Morgan fingerprint density at radius 2 is 1.83 bits per heavy atom. The molecule has 1 aromatic carbocycles. The van der Waals surface area contributed by atoms with Crippen LogP contribution in [0.25, 0.3) is 0 Å². The number of carbonyl (C=O) groups is 2. The number of ether oxygens (including phenoxy) is 1. The van der Waals surface area contributed by atoms with Crippen LogP contribution in [0.5, 0.6) is 5.88 Å². The highest BCUT2D eigenvalue weighted by atomic mass is 28.4. The number of carbonyl (C=O) groups excluding carboxylic acids is 2. The predicted molar refractivity (Wildman–Crippen MR) is 136 cm³/mol. The maximum absolute atomic E-state index is 14.4. The molecular weight excluding hydrogens is 460 g/mol. The number of aromatic nitrogens is 1. The first-order valence-corrected chi connectivity index (χ1v) is 15.0. The molecule has 7 nitrogen and oxygen atoms in total. The van der Waals surface area contributed by atoms with Crippen LogP contribution in [0.4, 0.5) is 0 Å². The van der Waals surface area contributed by atoms with Crippen LogP contribution in [-0.4, -0.2) is 49.6 Å². The van der Waals surface area contributed by atoms with Crippen molar-refractivity contribution < 1.29 is 23.3 Å². The second-order valence-electron chi connectivity index (χ2n) is 11.5. The molecule has 0 aliphatic heterocycles. The van der Waals surface area contributed by atoms with Gasteiger partial charge in [-0.1, -0.05) is 57.2 Å². The molecule has 35 heavy (non-hydrogen) atoms. The van der Waals surface area contributed by atoms with Crippen LogP contribution in [0.1, 0.15) is 55.8 Å². The van der Waals surface area contributed by atoms with E-state index < -0.39 is 31.2 Å². The standard InChI is InChI=1S/C27H36N2O5Si/c1-25(2,3)35(7,8)34-27-19(15-12-16-20(27)30)26(4,29(5)6)23-21(22(27)31)24(28-33-23)32-17-18-13-10-9-11-14-18/h9-14,16,19H,15,17H2,1-8H3/t19-,26?,27-/m0/s1. The number of rotatable bonds is 6. The Morgan fingerprint density at radius 1 is 1.17 bits per heavy atom. The summed E-state index contributed by atoms with van der Waals surface area (Å²) in [5, 5.41) is 3.98. The topological polar surface area (TPSA) is 81.9 Å². The third-order valence-electron chi connectivity index (χ3n) is 8.23. The molecule has 3 atom stereocenters. The summed E-state index contributed by atoms with van der Waals surface area (Å²) in [7, 11) is 1.28. The van der Waals surface area contributed by atoms with E-state index in [-0.39, 0.29) is 28.9 Å². The Bertz CT molecular complexity index is 1160. The largest absolute Gasteiger partial charge is 0.470 e. The average molecular weight is 497 g/mol. The Morgan fingerprint density at radius 3 is 2.43 bits per heavy atom. The second kappa shape index (κ2) is 8.53. The highest BCUT2D eigenvalue weighted by molar-refractivity contribution is 6.74. The number of allylic oxidation sites excluding steroid dienone is 1. The van der Waals surface area contributed by atoms with E-state index >= 15 is 0 Å². The molecule has 0 N–H and O–H groups in total. The highest BCUT2D eigenvalue weighted by Crippen LogP contribution is 2.56. The molecular formula is C27H36N2O5Si. The fraction of sp³-hybridized carbons (Fsp3) is 0.519. The van der Waals surface area contributed by atoms with Crippen molar-refractivity contribution in [1.82, 2.24) is 10.1 Å². The Labute approximate surface area is 208 Å². The van der Waals surface area contributed by atoms with Gasteiger partial charge in [-0.05, 0) is 62.4 Å². The van der Waals surface area contributed by atoms with Gasteiger partial charge in [-0.25, -0.2) is 0 Å². The lowest BCUT2D eigenvalue weighted by atomic mass is 9.59. The number of Topliss-reactive ketones (excluding diaryl/α,β-unsaturated/α-hetero) is 1. The summed E-state index contributed by atoms with van der Waals surface area (Å²) in [6.45, 7) is 12.7. The van der Waals surface area contributed by atoms with Gasteiger partial charge in [0.15, 0.2) is 25.5 Å². The molecule has 1 unspecified atom stereocenters. The fourth-order valence-corrected chi connectivity index (χ4v) is 6.34. The quantitative estimate of drug-likeness (QED) is 0.405. The molecule has 4 rings (SSSR count). The lowest BCUT2D eigenvalue weighted by Crippen LogP contribution is -2.70. The number of ketones is 2. The van der Waals surface area contributed by atoms with Crippen LogP contribution < -0.4 is 4.74 Å². The number of benzene rings is 1. The van der Waals surface area contributed by atoms with E-state index in [2.05, 4.69) is 39.0 Å². The van der Waals surface area contributed by atoms with Crippen molar-refractivity contribution in [3.05, 3.63) is 59.4 Å². The highest BCUT2D eigenvalue weighted by Gasteiger charge is 2.68. The molecule has 1 heterocycles. The monoisotopic (exact) mass is 496 g/mol. The van der Waals surface area contributed by atoms with E-state index in [4.69, 9.17) is 13.7 Å². The fourth-order valence-electron chi connectivity index (χ4n) is 4.90. The van der Waals surface area contributed by atoms with E-state index in [1.165, 1.54) is 6.08 Å². The summed E-state index contributed by atoms with van der Waals surface area (Å²) in [5.41, 5.74) is -1.35. The van der Waals surface area contributed by atoms with E-state index in [1.807, 2.05) is 62.3 Å². The summed E-state index contributed by atoms with van der Waals surface area (Å²) in [4.78, 5) is 30.2. The van der Waals surface area contributed by atoms with Crippen LogP contribution in [0.2, 0.25) is 18.1 Å². The third kappa shape index (κ3) is 3.82. The van der Waals surface area contributed by atoms with Gasteiger partial charge >= 0.3 is 0 Å². The third-order valence-corrected chi connectivity index (χ3v) is 12.7. The van der Waals surface area contributed by atoms with Crippen molar-refractivity contribution in [2.45, 2.75) is 70.0 Å². The number of nitrogens with zero attached hydrogens (tertiary/aromatic N) is 2. The zero-order chi connectivity index (χ0) is 25.8. The van der Waals surface area contributed by atoms with E-state index in [1.54, 1.807) is 0 Å². The molecule has 0 fully saturated rings. The van der Waals surface area contributed by atoms with Crippen LogP contribution in [0, 0.1) is 5.92 Å². The van der Waals surface area contributed by atoms with Gasteiger partial charge in [0.2, 0.25) is 5.78 Å². The molecule has 2 aromatic rings. The molecule has 0 spiro atoms. The molecule has 2 aliphatic carbocycles. The van der Waals surface area contributed by atoms with Gasteiger partial charge < -0.3 is 13.7 Å². The maximum Gasteiger partial charge on any atom is 0.265 e. The zero-order valence-corrected chi connectivity index (χ0v) is 23.0. The molecule has 2 aliphatic rings. The summed E-state index contributed by atoms with van der Waals surface area (Å²) in [6, 6.07) is 9.64. The van der Waals surface area contributed by atoms with E-state index in [0.29, 0.717) is 12.2 Å². The first kappa shape index (κ1) is 25.5. The minimum atomic E-state index is -2.57. The van der Waals surface area contributed by atoms with E-state index in [0.717, 1.165) is 5.56 Å². The minimum Gasteiger partial charge on any atom is -0.470 e. The maximum atomic E-state index is 14.4. The van der Waals surface area contributed by atoms with Gasteiger partial charge in [0.05, 0.1) is 5.54 Å². The normalized spacial score (nSPS) is 26.6. The van der Waals surface area contributed by atoms with Gasteiger partial charge in [0.25, 0.3) is 5.88 Å². The SMILES string of the molecule is CN(C)C1(C)c2onc(OCc3ccccc3)c2C(=O)[C@@]2(O[Si](C)(C)C(C)(C)C)C(=O)C=CC[C@@H]12. The molecule has 0 radical (unpaired) electrons. The van der Waals surface area contributed by atoms with Crippen molar-refractivity contribution in [2.75, 3.05) is 14.1 Å². The predicted octanol–water partition coefficient (Wildman–Crippen LogP) is 5.13. The Kier molecular flexibility index (Phi) is 6.23. The first-order chi connectivity index (χ1) is 16.3. The molecule has 188 valence electrons. The number of hydrogen-bond donors (Lipinski definition) is 0. The van der Waals surface area contributed by atoms with E-state index in [9.17, 15) is 9.59 Å². The van der Waals surface area contributed by atoms with Crippen molar-refractivity contribution in [3.8, 4) is 5.88 Å². The lowest BCUT2D eigenvalue weighted by molar-refractivity contribution is -0.140. The summed E-state index contributed by atoms with van der Waals surface area (Å²) >= 11 is 0. The van der Waals surface area contributed by atoms with Crippen LogP contribution in [0.15, 0.2) is 47.0 Å². The van der Waals surface area contributed by atoms with Crippen LogP contribution in [-0.2, 0) is 21.4 Å². The number of hydrogen-bond acceptors (Lipinski definition) is 7. The van der Waals surface area contributed by atoms with Crippen LogP contribution in [0.3, 0.4) is 0 Å². The summed E-state index contributed by atoms with van der Waals surface area (Å²) in [6.07, 6.45) is 3.84. The van der Waals surface area contributed by atoms with Gasteiger partial charge in [-0.2, -0.15) is 0 Å². The Balaban J connectivity index is 1.90. The molecule has 0 bridgehead atoms. The summed E-state index contributed by atoms with van der Waals surface area (Å²) in [5.74, 6) is -0.705. The van der Waals surface area contributed by atoms with Crippen molar-refractivity contribution >= 4 is 19.9 Å². The van der Waals surface area contributed by atoms with Gasteiger partial charge in [0, 0.05) is 5.92 Å². The second-order valence-corrected chi connectivity index (χ2v) is 16.2. The molecule has 0 amide bonds. The lowest BCUT2D eigenvalue weighted by Gasteiger charge is -2.55.